The number of anilines is 1. The summed E-state index contributed by atoms with van der Waals surface area (Å²) in [5.74, 6) is -0.860. The van der Waals surface area contributed by atoms with Crippen LogP contribution in [0.25, 0.3) is 0 Å². The fraction of sp³-hybridized carbons (Fsp3) is 0.452. The molecular formula is C31H38ClF3N8O5Si. The van der Waals surface area contributed by atoms with Crippen LogP contribution in [0.4, 0.5) is 18.9 Å². The van der Waals surface area contributed by atoms with Crippen molar-refractivity contribution in [3.63, 3.8) is 0 Å². The molecule has 2 aromatic rings. The first-order chi connectivity index (χ1) is 23.2. The lowest BCUT2D eigenvalue weighted by atomic mass is 10.1. The second-order valence-electron chi connectivity index (χ2n) is 11.8. The van der Waals surface area contributed by atoms with Crippen LogP contribution in [-0.2, 0) is 24.3 Å². The van der Waals surface area contributed by atoms with Gasteiger partial charge in [-0.05, 0) is 61.2 Å². The molecule has 1 unspecified atom stereocenters. The van der Waals surface area contributed by atoms with Crippen LogP contribution in [-0.4, -0.2) is 70.7 Å². The number of ether oxygens (including phenoxy) is 1. The minimum atomic E-state index is -4.57. The Bertz CT molecular complexity index is 1570. The van der Waals surface area contributed by atoms with Crippen LogP contribution in [0, 0.1) is 0 Å². The number of halogens is 4. The van der Waals surface area contributed by atoms with Gasteiger partial charge < -0.3 is 35.4 Å². The summed E-state index contributed by atoms with van der Waals surface area (Å²) in [6, 6.07) is 13.2. The Morgan fingerprint density at radius 3 is 2.33 bits per heavy atom. The SMILES string of the molecule is CC(C)[Si](=O)NC(=O)CCNC(=O)CCCNC(=O)c1ccc(NC2N=C(NC3(c4ccc(Cl)cc4)CC3)NC(OCC(F)(F)F)=N2)cc1. The van der Waals surface area contributed by atoms with E-state index >= 15 is 0 Å². The predicted molar refractivity (Wildman–Crippen MR) is 178 cm³/mol. The zero-order valence-electron chi connectivity index (χ0n) is 26.9. The fourth-order valence-corrected chi connectivity index (χ4v) is 5.37. The van der Waals surface area contributed by atoms with Gasteiger partial charge in [0.2, 0.25) is 24.1 Å². The molecule has 0 bridgehead atoms. The molecule has 0 saturated heterocycles. The molecule has 0 radical (unpaired) electrons. The van der Waals surface area contributed by atoms with Crippen LogP contribution in [0.2, 0.25) is 10.6 Å². The number of carbonyl (C=O) groups is 3. The van der Waals surface area contributed by atoms with E-state index < -0.39 is 33.5 Å². The second kappa shape index (κ2) is 16.7. The zero-order chi connectivity index (χ0) is 35.6. The molecule has 2 aliphatic rings. The molecule has 1 heterocycles. The van der Waals surface area contributed by atoms with Gasteiger partial charge in [0.25, 0.3) is 11.9 Å². The average Bonchev–Trinajstić information content (AvgIpc) is 3.82. The van der Waals surface area contributed by atoms with Crippen LogP contribution in [0.1, 0.15) is 61.9 Å². The number of carbonyl (C=O) groups excluding carboxylic acids is 3. The molecule has 2 aromatic carbocycles. The monoisotopic (exact) mass is 722 g/mol. The van der Waals surface area contributed by atoms with E-state index in [0.717, 1.165) is 18.4 Å². The lowest BCUT2D eigenvalue weighted by Gasteiger charge is -2.26. The smallest absolute Gasteiger partial charge is 0.422 e. The first-order valence-electron chi connectivity index (χ1n) is 15.6. The van der Waals surface area contributed by atoms with Crippen LogP contribution in [0.5, 0.6) is 0 Å². The number of amides is 3. The Morgan fingerprint density at radius 1 is 1.00 bits per heavy atom. The first kappa shape index (κ1) is 37.3. The minimum Gasteiger partial charge on any atom is -0.455 e. The molecule has 1 aliphatic carbocycles. The summed E-state index contributed by atoms with van der Waals surface area (Å²) in [6.07, 6.45) is -3.56. The van der Waals surface area contributed by atoms with E-state index in [0.29, 0.717) is 22.7 Å². The van der Waals surface area contributed by atoms with Crippen molar-refractivity contribution in [3.8, 4) is 0 Å². The number of amidine groups is 1. The molecule has 0 spiro atoms. The molecule has 18 heteroatoms. The maximum atomic E-state index is 12.9. The number of benzene rings is 2. The van der Waals surface area contributed by atoms with Crippen LogP contribution in [0.3, 0.4) is 0 Å². The molecule has 6 N–H and O–H groups in total. The number of hydrogen-bond donors (Lipinski definition) is 6. The highest BCUT2D eigenvalue weighted by atomic mass is 35.5. The highest BCUT2D eigenvalue weighted by Crippen LogP contribution is 2.45. The van der Waals surface area contributed by atoms with Gasteiger partial charge in [-0.15, -0.1) is 0 Å². The number of nitrogens with one attached hydrogen (secondary N) is 6. The Kier molecular flexibility index (Phi) is 12.7. The highest BCUT2D eigenvalue weighted by molar-refractivity contribution is 6.45. The van der Waals surface area contributed by atoms with E-state index in [-0.39, 0.29) is 61.2 Å². The van der Waals surface area contributed by atoms with Crippen molar-refractivity contribution in [2.45, 2.75) is 69.5 Å². The van der Waals surface area contributed by atoms with Gasteiger partial charge >= 0.3 is 15.0 Å². The Labute approximate surface area is 287 Å². The van der Waals surface area contributed by atoms with Crippen molar-refractivity contribution in [1.29, 1.82) is 0 Å². The van der Waals surface area contributed by atoms with Gasteiger partial charge in [-0.3, -0.25) is 19.7 Å². The van der Waals surface area contributed by atoms with Gasteiger partial charge in [0.05, 0.1) is 5.54 Å². The molecule has 0 aromatic heterocycles. The molecular weight excluding hydrogens is 685 g/mol. The molecule has 1 aliphatic heterocycles. The van der Waals surface area contributed by atoms with Crippen molar-refractivity contribution < 1.29 is 36.8 Å². The van der Waals surface area contributed by atoms with Gasteiger partial charge in [0.15, 0.2) is 6.61 Å². The highest BCUT2D eigenvalue weighted by Gasteiger charge is 2.46. The topological polar surface area (TPSA) is 174 Å². The average molecular weight is 723 g/mol. The zero-order valence-corrected chi connectivity index (χ0v) is 28.6. The molecule has 13 nitrogen and oxygen atoms in total. The Morgan fingerprint density at radius 2 is 1.69 bits per heavy atom. The molecule has 1 saturated carbocycles. The van der Waals surface area contributed by atoms with Crippen LogP contribution < -0.4 is 31.6 Å². The summed E-state index contributed by atoms with van der Waals surface area (Å²) in [6.45, 7) is 2.30. The van der Waals surface area contributed by atoms with E-state index in [1.807, 2.05) is 12.1 Å². The van der Waals surface area contributed by atoms with E-state index in [1.165, 1.54) is 0 Å². The van der Waals surface area contributed by atoms with Gasteiger partial charge in [0, 0.05) is 47.7 Å². The maximum Gasteiger partial charge on any atom is 0.422 e. The fourth-order valence-electron chi connectivity index (χ4n) is 4.55. The van der Waals surface area contributed by atoms with E-state index in [2.05, 4.69) is 41.6 Å². The van der Waals surface area contributed by atoms with Crippen molar-refractivity contribution in [2.75, 3.05) is 25.0 Å². The lowest BCUT2D eigenvalue weighted by molar-refractivity contribution is -0.156. The largest absolute Gasteiger partial charge is 0.455 e. The van der Waals surface area contributed by atoms with Gasteiger partial charge in [-0.2, -0.15) is 18.2 Å². The van der Waals surface area contributed by atoms with Crippen LogP contribution in [0.15, 0.2) is 58.5 Å². The number of rotatable bonds is 15. The van der Waals surface area contributed by atoms with E-state index in [4.69, 9.17) is 16.3 Å². The summed E-state index contributed by atoms with van der Waals surface area (Å²) < 4.78 is 55.3. The van der Waals surface area contributed by atoms with Crippen molar-refractivity contribution in [1.82, 2.24) is 26.2 Å². The number of nitrogens with zero attached hydrogens (tertiary/aromatic N) is 2. The maximum absolute atomic E-state index is 12.9. The third kappa shape index (κ3) is 12.2. The molecule has 1 fully saturated rings. The third-order valence-corrected chi connectivity index (χ3v) is 9.19. The van der Waals surface area contributed by atoms with Gasteiger partial charge in [0.1, 0.15) is 0 Å². The van der Waals surface area contributed by atoms with Crippen LogP contribution >= 0.6 is 11.6 Å². The first-order valence-corrected chi connectivity index (χ1v) is 17.5. The van der Waals surface area contributed by atoms with E-state index in [1.54, 1.807) is 50.2 Å². The second-order valence-corrected chi connectivity index (χ2v) is 14.3. The summed E-state index contributed by atoms with van der Waals surface area (Å²) in [7, 11) is -2.20. The minimum absolute atomic E-state index is 0.0167. The summed E-state index contributed by atoms with van der Waals surface area (Å²) in [5, 5.41) is 14.9. The quantitative estimate of drug-likeness (QED) is 0.119. The standard InChI is InChI=1S/C31H38ClF3N8O5Si/c1-19(2)49(47)43-25(45)13-17-36-24(44)4-3-16-37-26(46)20-5-11-23(12-6-20)38-27-39-28(41-29(40-27)48-18-31(33,34)35)42-30(14-15-30)21-7-9-22(32)10-8-21/h5-12,19,27,38H,3-4,13-18H2,1-2H3,(H,36,44)(H,37,46)(H,43,45)(H2,39,40,41,42). The van der Waals surface area contributed by atoms with E-state index in [9.17, 15) is 32.0 Å². The molecule has 4 rings (SSSR count). The molecule has 3 amide bonds. The number of guanidine groups is 1. The Balaban J connectivity index is 1.26. The molecule has 264 valence electrons. The normalized spacial score (nSPS) is 16.3. The summed E-state index contributed by atoms with van der Waals surface area (Å²) in [5.41, 5.74) is 1.17. The summed E-state index contributed by atoms with van der Waals surface area (Å²) >= 11 is 6.02. The van der Waals surface area contributed by atoms with Gasteiger partial charge in [-0.1, -0.05) is 37.6 Å². The summed E-state index contributed by atoms with van der Waals surface area (Å²) in [4.78, 5) is 47.4. The van der Waals surface area contributed by atoms with Gasteiger partial charge in [-0.25, -0.2) is 4.99 Å². The molecule has 1 atom stereocenters. The number of alkyl halides is 3. The number of hydrogen-bond acceptors (Lipinski definition) is 10. The lowest BCUT2D eigenvalue weighted by Crippen LogP contribution is -2.50. The van der Waals surface area contributed by atoms with Crippen molar-refractivity contribution >= 4 is 55.8 Å². The molecule has 49 heavy (non-hydrogen) atoms. The Hall–Kier alpha value is -4.51. The van der Waals surface area contributed by atoms with Crippen molar-refractivity contribution in [3.05, 3.63) is 64.7 Å². The number of aliphatic imine (C=N–C) groups is 2. The van der Waals surface area contributed by atoms with Crippen molar-refractivity contribution in [2.24, 2.45) is 9.98 Å². The third-order valence-electron chi connectivity index (χ3n) is 7.36. The predicted octanol–water partition coefficient (Wildman–Crippen LogP) is 3.67.